The summed E-state index contributed by atoms with van der Waals surface area (Å²) in [5.41, 5.74) is 1.33. The summed E-state index contributed by atoms with van der Waals surface area (Å²) < 4.78 is 6.10. The van der Waals surface area contributed by atoms with Crippen molar-refractivity contribution < 1.29 is 4.74 Å². The second-order valence-electron chi connectivity index (χ2n) is 6.19. The molecule has 22 heavy (non-hydrogen) atoms. The second kappa shape index (κ2) is 7.63. The molecule has 0 saturated heterocycles. The molecule has 4 heteroatoms. The Morgan fingerprint density at radius 1 is 1.27 bits per heavy atom. The third kappa shape index (κ3) is 4.01. The number of fused-ring (bicyclic) bond motifs is 1. The molecule has 4 nitrogen and oxygen atoms in total. The standard InChI is InChI=1S/C18H27N3O/c1-2-17(21-18-9-5-6-12-19-18)20-13-15-11-10-14-7-3-4-8-16(14)22-15/h3-4,7-8,15,17,20H,2,5-6,9-13H2,1H3,(H,19,21). The van der Waals surface area contributed by atoms with Crippen molar-refractivity contribution in [3.63, 3.8) is 0 Å². The Morgan fingerprint density at radius 3 is 3.00 bits per heavy atom. The van der Waals surface area contributed by atoms with Crippen LogP contribution >= 0.6 is 0 Å². The van der Waals surface area contributed by atoms with Gasteiger partial charge in [-0.05, 0) is 43.7 Å². The predicted octanol–water partition coefficient (Wildman–Crippen LogP) is 2.88. The van der Waals surface area contributed by atoms with Crippen molar-refractivity contribution in [3.8, 4) is 5.75 Å². The molecule has 2 N–H and O–H groups in total. The Morgan fingerprint density at radius 2 is 2.18 bits per heavy atom. The zero-order chi connectivity index (χ0) is 15.2. The van der Waals surface area contributed by atoms with Crippen molar-refractivity contribution in [1.29, 1.82) is 0 Å². The number of benzene rings is 1. The van der Waals surface area contributed by atoms with Crippen LogP contribution in [-0.2, 0) is 6.42 Å². The largest absolute Gasteiger partial charge is 0.489 e. The average molecular weight is 301 g/mol. The van der Waals surface area contributed by atoms with Gasteiger partial charge in [-0.1, -0.05) is 25.1 Å². The van der Waals surface area contributed by atoms with E-state index in [0.29, 0.717) is 0 Å². The van der Waals surface area contributed by atoms with E-state index in [1.165, 1.54) is 24.2 Å². The van der Waals surface area contributed by atoms with Gasteiger partial charge < -0.3 is 10.1 Å². The van der Waals surface area contributed by atoms with Gasteiger partial charge in [-0.2, -0.15) is 0 Å². The summed E-state index contributed by atoms with van der Waals surface area (Å²) in [6.45, 7) is 4.06. The Balaban J connectivity index is 1.48. The number of nitrogens with one attached hydrogen (secondary N) is 2. The van der Waals surface area contributed by atoms with E-state index in [1.807, 2.05) is 6.07 Å². The first-order valence-corrected chi connectivity index (χ1v) is 8.63. The number of ether oxygens (including phenoxy) is 1. The van der Waals surface area contributed by atoms with Gasteiger partial charge in [0.05, 0.1) is 12.0 Å². The van der Waals surface area contributed by atoms with E-state index in [-0.39, 0.29) is 12.3 Å². The number of rotatable bonds is 5. The van der Waals surface area contributed by atoms with Gasteiger partial charge in [0, 0.05) is 19.5 Å². The molecule has 0 bridgehead atoms. The van der Waals surface area contributed by atoms with Crippen molar-refractivity contribution in [2.75, 3.05) is 13.1 Å². The monoisotopic (exact) mass is 301 g/mol. The van der Waals surface area contributed by atoms with Gasteiger partial charge in [-0.25, -0.2) is 0 Å². The molecule has 0 amide bonds. The van der Waals surface area contributed by atoms with Crippen LogP contribution in [0, 0.1) is 0 Å². The zero-order valence-corrected chi connectivity index (χ0v) is 13.5. The first-order valence-electron chi connectivity index (χ1n) is 8.63. The molecular weight excluding hydrogens is 274 g/mol. The molecule has 2 aliphatic rings. The second-order valence-corrected chi connectivity index (χ2v) is 6.19. The Hall–Kier alpha value is -1.55. The first-order chi connectivity index (χ1) is 10.8. The highest BCUT2D eigenvalue weighted by Crippen LogP contribution is 2.26. The Bertz CT molecular complexity index is 515. The van der Waals surface area contributed by atoms with Crippen LogP contribution in [0.2, 0.25) is 0 Å². The molecule has 1 aromatic carbocycles. The highest BCUT2D eigenvalue weighted by molar-refractivity contribution is 5.82. The topological polar surface area (TPSA) is 45.6 Å². The third-order valence-corrected chi connectivity index (χ3v) is 4.47. The summed E-state index contributed by atoms with van der Waals surface area (Å²) in [5, 5.41) is 7.15. The number of aliphatic imine (C=N–C) groups is 1. The van der Waals surface area contributed by atoms with Gasteiger partial charge in [0.1, 0.15) is 11.9 Å². The maximum Gasteiger partial charge on any atom is 0.122 e. The molecule has 3 rings (SSSR count). The van der Waals surface area contributed by atoms with Gasteiger partial charge >= 0.3 is 0 Å². The molecule has 0 radical (unpaired) electrons. The molecule has 1 aromatic rings. The van der Waals surface area contributed by atoms with Crippen LogP contribution in [0.5, 0.6) is 5.75 Å². The zero-order valence-electron chi connectivity index (χ0n) is 13.5. The maximum absolute atomic E-state index is 6.10. The molecule has 0 aliphatic carbocycles. The molecule has 2 atom stereocenters. The van der Waals surface area contributed by atoms with Crippen LogP contribution in [0.3, 0.4) is 0 Å². The number of aryl methyl sites for hydroxylation is 1. The van der Waals surface area contributed by atoms with Crippen LogP contribution in [0.4, 0.5) is 0 Å². The van der Waals surface area contributed by atoms with Crippen LogP contribution < -0.4 is 15.4 Å². The van der Waals surface area contributed by atoms with Crippen LogP contribution in [0.1, 0.15) is 44.6 Å². The van der Waals surface area contributed by atoms with Crippen LogP contribution in [0.15, 0.2) is 29.3 Å². The lowest BCUT2D eigenvalue weighted by Crippen LogP contribution is -2.49. The lowest BCUT2D eigenvalue weighted by molar-refractivity contribution is 0.164. The van der Waals surface area contributed by atoms with Crippen molar-refractivity contribution in [1.82, 2.24) is 10.6 Å². The highest BCUT2D eigenvalue weighted by Gasteiger charge is 2.20. The quantitative estimate of drug-likeness (QED) is 0.822. The van der Waals surface area contributed by atoms with Crippen molar-refractivity contribution in [2.45, 2.75) is 57.7 Å². The fraction of sp³-hybridized carbons (Fsp3) is 0.611. The SMILES string of the molecule is CCC(NCC1CCc2ccccc2O1)NC1=NCCCC1. The number of nitrogens with zero attached hydrogens (tertiary/aromatic N) is 1. The fourth-order valence-corrected chi connectivity index (χ4v) is 3.11. The molecule has 120 valence electrons. The van der Waals surface area contributed by atoms with E-state index in [0.717, 1.165) is 44.5 Å². The van der Waals surface area contributed by atoms with Gasteiger partial charge in [-0.3, -0.25) is 10.3 Å². The molecule has 0 fully saturated rings. The van der Waals surface area contributed by atoms with Crippen molar-refractivity contribution in [2.24, 2.45) is 4.99 Å². The molecule has 0 aromatic heterocycles. The molecule has 2 aliphatic heterocycles. The number of para-hydroxylation sites is 1. The Labute approximate surface area is 133 Å². The van der Waals surface area contributed by atoms with Crippen LogP contribution in [-0.4, -0.2) is 31.2 Å². The van der Waals surface area contributed by atoms with E-state index >= 15 is 0 Å². The van der Waals surface area contributed by atoms with Gasteiger partial charge in [0.25, 0.3) is 0 Å². The highest BCUT2D eigenvalue weighted by atomic mass is 16.5. The average Bonchev–Trinajstić information content (AvgIpc) is 2.59. The summed E-state index contributed by atoms with van der Waals surface area (Å²) in [6, 6.07) is 8.37. The van der Waals surface area contributed by atoms with E-state index < -0.39 is 0 Å². The lowest BCUT2D eigenvalue weighted by Gasteiger charge is -2.29. The molecule has 0 spiro atoms. The normalized spacial score (nSPS) is 22.2. The molecule has 2 heterocycles. The Kier molecular flexibility index (Phi) is 5.33. The van der Waals surface area contributed by atoms with Gasteiger partial charge in [0.15, 0.2) is 0 Å². The van der Waals surface area contributed by atoms with E-state index in [9.17, 15) is 0 Å². The minimum absolute atomic E-state index is 0.263. The minimum Gasteiger partial charge on any atom is -0.489 e. The lowest BCUT2D eigenvalue weighted by atomic mass is 10.0. The molecule has 2 unspecified atom stereocenters. The van der Waals surface area contributed by atoms with E-state index in [4.69, 9.17) is 4.74 Å². The first kappa shape index (κ1) is 15.3. The van der Waals surface area contributed by atoms with E-state index in [2.05, 4.69) is 40.7 Å². The smallest absolute Gasteiger partial charge is 0.122 e. The molecule has 0 saturated carbocycles. The minimum atomic E-state index is 0.263. The summed E-state index contributed by atoms with van der Waals surface area (Å²) >= 11 is 0. The number of hydrogen-bond acceptors (Lipinski definition) is 4. The van der Waals surface area contributed by atoms with Crippen LogP contribution in [0.25, 0.3) is 0 Å². The fourth-order valence-electron chi connectivity index (χ4n) is 3.11. The number of amidine groups is 1. The van der Waals surface area contributed by atoms with Crippen molar-refractivity contribution >= 4 is 5.84 Å². The van der Waals surface area contributed by atoms with Gasteiger partial charge in [0.2, 0.25) is 0 Å². The van der Waals surface area contributed by atoms with Gasteiger partial charge in [-0.15, -0.1) is 0 Å². The number of hydrogen-bond donors (Lipinski definition) is 2. The molecular formula is C18H27N3O. The summed E-state index contributed by atoms with van der Waals surface area (Å²) in [4.78, 5) is 4.58. The summed E-state index contributed by atoms with van der Waals surface area (Å²) in [7, 11) is 0. The predicted molar refractivity (Wildman–Crippen MR) is 90.5 cm³/mol. The summed E-state index contributed by atoms with van der Waals surface area (Å²) in [6.07, 6.45) is 7.36. The maximum atomic E-state index is 6.10. The van der Waals surface area contributed by atoms with Crippen molar-refractivity contribution in [3.05, 3.63) is 29.8 Å². The third-order valence-electron chi connectivity index (χ3n) is 4.47. The summed E-state index contributed by atoms with van der Waals surface area (Å²) in [5.74, 6) is 2.22. The van der Waals surface area contributed by atoms with E-state index in [1.54, 1.807) is 0 Å².